The Bertz CT molecular complexity index is 1450. The molecule has 0 heterocycles. The van der Waals surface area contributed by atoms with Crippen molar-refractivity contribution in [3.05, 3.63) is 138 Å². The van der Waals surface area contributed by atoms with Gasteiger partial charge in [-0.3, -0.25) is 0 Å². The fourth-order valence-electron chi connectivity index (χ4n) is 2.82. The molecular formula is C29H20BrClF3IO8. The molecule has 4 aromatic rings. The minimum absolute atomic E-state index is 0.143. The molecule has 4 aromatic carbocycles. The summed E-state index contributed by atoms with van der Waals surface area (Å²) in [5.74, 6) is -4.35. The van der Waals surface area contributed by atoms with Crippen LogP contribution in [0, 0.1) is 3.57 Å². The summed E-state index contributed by atoms with van der Waals surface area (Å²) in [6, 6.07) is 24.0. The van der Waals surface area contributed by atoms with E-state index in [9.17, 15) is 32.3 Å². The number of aromatic carboxylic acids is 4. The molecule has 0 atom stereocenters. The maximum absolute atomic E-state index is 12.1. The van der Waals surface area contributed by atoms with Crippen molar-refractivity contribution in [2.24, 2.45) is 0 Å². The summed E-state index contributed by atoms with van der Waals surface area (Å²) in [4.78, 5) is 41.5. The monoisotopic (exact) mass is 794 g/mol. The van der Waals surface area contributed by atoms with Crippen LogP contribution in [0.25, 0.3) is 0 Å². The largest absolute Gasteiger partial charge is 0.478 e. The Morgan fingerprint density at radius 3 is 1.28 bits per heavy atom. The van der Waals surface area contributed by atoms with Gasteiger partial charge in [-0.05, 0) is 87.1 Å². The van der Waals surface area contributed by atoms with Crippen molar-refractivity contribution in [1.82, 2.24) is 0 Å². The van der Waals surface area contributed by atoms with Gasteiger partial charge in [0.15, 0.2) is 0 Å². The van der Waals surface area contributed by atoms with E-state index in [1.165, 1.54) is 12.1 Å². The van der Waals surface area contributed by atoms with Crippen molar-refractivity contribution < 1.29 is 52.8 Å². The summed E-state index contributed by atoms with van der Waals surface area (Å²) in [6.07, 6.45) is -4.62. The van der Waals surface area contributed by atoms with Gasteiger partial charge in [0, 0.05) is 8.04 Å². The third-order valence-corrected chi connectivity index (χ3v) is 6.74. The predicted octanol–water partition coefficient (Wildman–Crippen LogP) is 8.58. The summed E-state index contributed by atoms with van der Waals surface area (Å²) in [5.41, 5.74) is -1.05. The lowest BCUT2D eigenvalue weighted by molar-refractivity contribution is -0.138. The minimum atomic E-state index is -4.62. The van der Waals surface area contributed by atoms with E-state index in [4.69, 9.17) is 32.0 Å². The molecule has 0 spiro atoms. The van der Waals surface area contributed by atoms with Gasteiger partial charge in [0.05, 0.1) is 32.8 Å². The molecule has 0 aliphatic carbocycles. The first kappa shape index (κ1) is 37.1. The Kier molecular flexibility index (Phi) is 15.4. The summed E-state index contributed by atoms with van der Waals surface area (Å²) in [6.45, 7) is 0. The van der Waals surface area contributed by atoms with Gasteiger partial charge in [-0.15, -0.1) is 0 Å². The van der Waals surface area contributed by atoms with E-state index in [1.54, 1.807) is 60.7 Å². The molecule has 0 aliphatic heterocycles. The first-order valence-corrected chi connectivity index (χ1v) is 13.7. The van der Waals surface area contributed by atoms with Gasteiger partial charge in [-0.2, -0.15) is 13.2 Å². The van der Waals surface area contributed by atoms with Crippen LogP contribution < -0.4 is 0 Å². The Hall–Kier alpha value is -3.95. The fraction of sp³-hybridized carbons (Fsp3) is 0.0345. The topological polar surface area (TPSA) is 149 Å². The highest BCUT2D eigenvalue weighted by Crippen LogP contribution is 2.31. The molecule has 0 amide bonds. The summed E-state index contributed by atoms with van der Waals surface area (Å²) < 4.78 is 37.8. The highest BCUT2D eigenvalue weighted by Gasteiger charge is 2.34. The molecule has 0 saturated carbocycles. The van der Waals surface area contributed by atoms with Crippen molar-refractivity contribution in [1.29, 1.82) is 0 Å². The lowest BCUT2D eigenvalue weighted by Gasteiger charge is -2.08. The van der Waals surface area contributed by atoms with E-state index >= 15 is 0 Å². The predicted molar refractivity (Wildman–Crippen MR) is 164 cm³/mol. The molecule has 0 bridgehead atoms. The zero-order chi connectivity index (χ0) is 32.7. The summed E-state index contributed by atoms with van der Waals surface area (Å²) in [7, 11) is 0. The zero-order valence-corrected chi connectivity index (χ0v) is 25.9. The van der Waals surface area contributed by atoms with Crippen LogP contribution in [0.2, 0.25) is 5.02 Å². The van der Waals surface area contributed by atoms with Crippen molar-refractivity contribution in [2.45, 2.75) is 6.18 Å². The average molecular weight is 796 g/mol. The van der Waals surface area contributed by atoms with Crippen LogP contribution in [0.5, 0.6) is 0 Å². The van der Waals surface area contributed by atoms with E-state index in [1.807, 2.05) is 28.7 Å². The Morgan fingerprint density at radius 1 is 0.581 bits per heavy atom. The van der Waals surface area contributed by atoms with E-state index in [-0.39, 0.29) is 10.6 Å². The second-order valence-corrected chi connectivity index (χ2v) is 10.1. The molecular weight excluding hydrogens is 776 g/mol. The van der Waals surface area contributed by atoms with Gasteiger partial charge in [0.2, 0.25) is 0 Å². The summed E-state index contributed by atoms with van der Waals surface area (Å²) >= 11 is 10.6. The van der Waals surface area contributed by atoms with Gasteiger partial charge < -0.3 is 20.4 Å². The third-order valence-electron chi connectivity index (χ3n) is 4.78. The second kappa shape index (κ2) is 17.9. The molecule has 0 unspecified atom stereocenters. The molecule has 226 valence electrons. The van der Waals surface area contributed by atoms with Crippen molar-refractivity contribution in [3.63, 3.8) is 0 Å². The number of hydrogen-bond acceptors (Lipinski definition) is 4. The standard InChI is InChI=1S/C8H5F3O2.C7H5BrO2.C7H5ClO2.C7H5IO2/c9-8(10,11)6-4-2-1-3-5(6)7(12)13;3*8-6-4-2-1-3-5(6)7(9)10/h1-4H,(H,12,13);3*1-4H,(H,9,10). The Labute approximate surface area is 269 Å². The first-order valence-electron chi connectivity index (χ1n) is 11.4. The smallest absolute Gasteiger partial charge is 0.417 e. The minimum Gasteiger partial charge on any atom is -0.478 e. The number of alkyl halides is 3. The fourth-order valence-corrected chi connectivity index (χ4v) is 4.11. The van der Waals surface area contributed by atoms with Crippen LogP contribution in [-0.2, 0) is 6.18 Å². The Balaban J connectivity index is 0.000000289. The lowest BCUT2D eigenvalue weighted by Crippen LogP contribution is -2.12. The van der Waals surface area contributed by atoms with E-state index < -0.39 is 41.2 Å². The molecule has 4 N–H and O–H groups in total. The maximum atomic E-state index is 12.1. The lowest BCUT2D eigenvalue weighted by atomic mass is 10.1. The number of carbonyl (C=O) groups is 4. The van der Waals surface area contributed by atoms with E-state index in [0.717, 1.165) is 21.8 Å². The molecule has 0 aromatic heterocycles. The normalized spacial score (nSPS) is 9.91. The summed E-state index contributed by atoms with van der Waals surface area (Å²) in [5, 5.41) is 34.3. The number of carboxylic acid groups (broad SMARTS) is 4. The number of hydrogen-bond donors (Lipinski definition) is 4. The molecule has 8 nitrogen and oxygen atoms in total. The Morgan fingerprint density at radius 2 is 0.953 bits per heavy atom. The second-order valence-electron chi connectivity index (χ2n) is 7.70. The zero-order valence-electron chi connectivity index (χ0n) is 21.4. The van der Waals surface area contributed by atoms with Crippen molar-refractivity contribution >= 4 is 74.0 Å². The molecule has 43 heavy (non-hydrogen) atoms. The quantitative estimate of drug-likeness (QED) is 0.150. The van der Waals surface area contributed by atoms with Gasteiger partial charge in [0.25, 0.3) is 0 Å². The number of benzene rings is 4. The molecule has 0 fully saturated rings. The highest BCUT2D eigenvalue weighted by atomic mass is 127. The van der Waals surface area contributed by atoms with Crippen LogP contribution >= 0.6 is 50.1 Å². The molecule has 0 radical (unpaired) electrons. The average Bonchev–Trinajstić information content (AvgIpc) is 2.94. The van der Waals surface area contributed by atoms with Crippen LogP contribution in [0.3, 0.4) is 0 Å². The van der Waals surface area contributed by atoms with Gasteiger partial charge >= 0.3 is 30.1 Å². The number of halogens is 6. The molecule has 14 heteroatoms. The van der Waals surface area contributed by atoms with Gasteiger partial charge in [-0.1, -0.05) is 60.1 Å². The SMILES string of the molecule is O=C(O)c1ccccc1Br.O=C(O)c1ccccc1C(F)(F)F.O=C(O)c1ccccc1Cl.O=C(O)c1ccccc1I. The van der Waals surface area contributed by atoms with Gasteiger partial charge in [-0.25, -0.2) is 19.2 Å². The van der Waals surface area contributed by atoms with Crippen molar-refractivity contribution in [3.8, 4) is 0 Å². The van der Waals surface area contributed by atoms with Crippen LogP contribution in [0.15, 0.2) is 102 Å². The molecule has 4 rings (SSSR count). The molecule has 0 aliphatic rings. The number of carboxylic acids is 4. The van der Waals surface area contributed by atoms with Crippen molar-refractivity contribution in [2.75, 3.05) is 0 Å². The van der Waals surface area contributed by atoms with Gasteiger partial charge in [0.1, 0.15) is 0 Å². The van der Waals surface area contributed by atoms with E-state index in [2.05, 4.69) is 15.9 Å². The third kappa shape index (κ3) is 12.8. The van der Waals surface area contributed by atoms with E-state index in [0.29, 0.717) is 15.6 Å². The number of rotatable bonds is 4. The van der Waals surface area contributed by atoms with Crippen LogP contribution in [-0.4, -0.2) is 44.3 Å². The first-order chi connectivity index (χ1) is 20.1. The van der Waals surface area contributed by atoms with Crippen LogP contribution in [0.4, 0.5) is 13.2 Å². The van der Waals surface area contributed by atoms with Crippen LogP contribution in [0.1, 0.15) is 47.0 Å². The highest BCUT2D eigenvalue weighted by molar-refractivity contribution is 14.1. The maximum Gasteiger partial charge on any atom is 0.417 e. The molecule has 0 saturated heterocycles.